The van der Waals surface area contributed by atoms with Gasteiger partial charge >= 0.3 is 6.03 Å². The summed E-state index contributed by atoms with van der Waals surface area (Å²) in [5, 5.41) is 0. The molecule has 3 saturated heterocycles. The Hall–Kier alpha value is -1.73. The highest BCUT2D eigenvalue weighted by Crippen LogP contribution is 2.39. The molecule has 28 heavy (non-hydrogen) atoms. The molecule has 4 rings (SSSR count). The highest BCUT2D eigenvalue weighted by Gasteiger charge is 2.57. The van der Waals surface area contributed by atoms with Crippen molar-refractivity contribution >= 4 is 23.7 Å². The van der Waals surface area contributed by atoms with Gasteiger partial charge in [0.2, 0.25) is 0 Å². The fourth-order valence-electron chi connectivity index (χ4n) is 4.87. The first kappa shape index (κ1) is 19.6. The molecule has 6 nitrogen and oxygen atoms in total. The third-order valence-corrected chi connectivity index (χ3v) is 7.60. The molecule has 1 aromatic rings. The predicted octanol–water partition coefficient (Wildman–Crippen LogP) is 2.82. The lowest BCUT2D eigenvalue weighted by Gasteiger charge is -2.43. The van der Waals surface area contributed by atoms with Crippen molar-refractivity contribution in [2.45, 2.75) is 44.3 Å². The van der Waals surface area contributed by atoms with Crippen LogP contribution >= 0.6 is 11.8 Å². The summed E-state index contributed by atoms with van der Waals surface area (Å²) in [6.45, 7) is 4.64. The van der Waals surface area contributed by atoms with Crippen molar-refractivity contribution in [3.63, 3.8) is 0 Å². The van der Waals surface area contributed by atoms with Gasteiger partial charge in [-0.05, 0) is 49.6 Å². The van der Waals surface area contributed by atoms with Gasteiger partial charge in [-0.2, -0.15) is 11.8 Å². The number of thioether (sulfide) groups is 1. The molecule has 3 amide bonds. The van der Waals surface area contributed by atoms with E-state index in [9.17, 15) is 9.59 Å². The second-order valence-corrected chi connectivity index (χ2v) is 9.00. The largest absolute Gasteiger partial charge is 0.497 e. The first-order chi connectivity index (χ1) is 13.6. The molecule has 1 atom stereocenters. The van der Waals surface area contributed by atoms with Gasteiger partial charge in [-0.25, -0.2) is 4.79 Å². The molecule has 3 aliphatic rings. The molecule has 7 heteroatoms. The van der Waals surface area contributed by atoms with E-state index in [4.69, 9.17) is 4.74 Å². The summed E-state index contributed by atoms with van der Waals surface area (Å²) < 4.78 is 5.28. The lowest BCUT2D eigenvalue weighted by molar-refractivity contribution is -0.136. The number of carbonyl (C=O) groups excluding carboxylic acids is 2. The summed E-state index contributed by atoms with van der Waals surface area (Å²) in [4.78, 5) is 32.3. The van der Waals surface area contributed by atoms with Crippen molar-refractivity contribution in [2.24, 2.45) is 0 Å². The molecule has 1 spiro atoms. The molecule has 3 heterocycles. The van der Waals surface area contributed by atoms with Gasteiger partial charge in [-0.15, -0.1) is 0 Å². The van der Waals surface area contributed by atoms with Crippen LogP contribution in [0.4, 0.5) is 4.79 Å². The maximum absolute atomic E-state index is 13.5. The van der Waals surface area contributed by atoms with Crippen LogP contribution in [0.25, 0.3) is 0 Å². The number of carbonyl (C=O) groups is 2. The quantitative estimate of drug-likeness (QED) is 0.708. The van der Waals surface area contributed by atoms with Crippen molar-refractivity contribution in [3.8, 4) is 5.75 Å². The van der Waals surface area contributed by atoms with Crippen LogP contribution in [-0.4, -0.2) is 76.5 Å². The molecule has 0 N–H and O–H groups in total. The number of nitrogens with zero attached hydrogens (tertiary/aromatic N) is 3. The van der Waals surface area contributed by atoms with Gasteiger partial charge in [0, 0.05) is 31.4 Å². The Kier molecular flexibility index (Phi) is 5.56. The minimum atomic E-state index is -0.660. The SMILES string of the molecule is CCN1C(=O)N(Cc2cccc(OC)c2)C(=O)C12CCN(C1CCSC1)CC2. The average molecular weight is 404 g/mol. The number of benzene rings is 1. The minimum absolute atomic E-state index is 0.0254. The third kappa shape index (κ3) is 3.28. The van der Waals surface area contributed by atoms with Crippen molar-refractivity contribution < 1.29 is 14.3 Å². The number of hydrogen-bond acceptors (Lipinski definition) is 5. The molecule has 1 aromatic carbocycles. The van der Waals surface area contributed by atoms with Crippen LogP contribution in [0, 0.1) is 0 Å². The van der Waals surface area contributed by atoms with Crippen molar-refractivity contribution in [3.05, 3.63) is 29.8 Å². The fourth-order valence-corrected chi connectivity index (χ4v) is 6.12. The molecule has 1 unspecified atom stereocenters. The molecular weight excluding hydrogens is 374 g/mol. The van der Waals surface area contributed by atoms with Gasteiger partial charge in [0.15, 0.2) is 0 Å². The number of amides is 3. The van der Waals surface area contributed by atoms with Crippen LogP contribution in [-0.2, 0) is 11.3 Å². The first-order valence-corrected chi connectivity index (χ1v) is 11.3. The van der Waals surface area contributed by atoms with Crippen LogP contribution in [0.15, 0.2) is 24.3 Å². The van der Waals surface area contributed by atoms with Crippen molar-refractivity contribution in [1.29, 1.82) is 0 Å². The van der Waals surface area contributed by atoms with E-state index < -0.39 is 5.54 Å². The number of rotatable bonds is 5. The number of piperidine rings is 1. The van der Waals surface area contributed by atoms with Crippen molar-refractivity contribution in [2.75, 3.05) is 38.2 Å². The number of methoxy groups -OCH3 is 1. The molecule has 0 saturated carbocycles. The zero-order valence-corrected chi connectivity index (χ0v) is 17.5. The van der Waals surface area contributed by atoms with Gasteiger partial charge in [0.1, 0.15) is 11.3 Å². The van der Waals surface area contributed by atoms with Crippen LogP contribution in [0.3, 0.4) is 0 Å². The Morgan fingerprint density at radius 2 is 2.04 bits per heavy atom. The standard InChI is InChI=1S/C21H29N3O3S/c1-3-24-20(26)23(14-16-5-4-6-18(13-16)27-2)19(25)21(24)8-10-22(11-9-21)17-7-12-28-15-17/h4-6,13,17H,3,7-12,14-15H2,1-2H3. The van der Waals surface area contributed by atoms with Gasteiger partial charge in [-0.1, -0.05) is 12.1 Å². The number of ether oxygens (including phenoxy) is 1. The zero-order valence-electron chi connectivity index (χ0n) is 16.7. The van der Waals surface area contributed by atoms with E-state index in [0.29, 0.717) is 19.1 Å². The Labute approximate surface area is 171 Å². The molecule has 3 fully saturated rings. The Morgan fingerprint density at radius 1 is 1.25 bits per heavy atom. The fraction of sp³-hybridized carbons (Fsp3) is 0.619. The number of hydrogen-bond donors (Lipinski definition) is 0. The topological polar surface area (TPSA) is 53.1 Å². The van der Waals surface area contributed by atoms with Gasteiger partial charge in [0.25, 0.3) is 5.91 Å². The van der Waals surface area contributed by atoms with Crippen LogP contribution in [0.1, 0.15) is 31.7 Å². The van der Waals surface area contributed by atoms with Gasteiger partial charge < -0.3 is 9.64 Å². The van der Waals surface area contributed by atoms with Crippen molar-refractivity contribution in [1.82, 2.24) is 14.7 Å². The van der Waals surface area contributed by atoms with Gasteiger partial charge in [-0.3, -0.25) is 14.6 Å². The molecule has 0 aromatic heterocycles. The van der Waals surface area contributed by atoms with Crippen LogP contribution in [0.2, 0.25) is 0 Å². The summed E-state index contributed by atoms with van der Waals surface area (Å²) in [6, 6.07) is 8.07. The van der Waals surface area contributed by atoms with Crippen LogP contribution < -0.4 is 4.74 Å². The van der Waals surface area contributed by atoms with Crippen LogP contribution in [0.5, 0.6) is 5.75 Å². The first-order valence-electron chi connectivity index (χ1n) is 10.2. The van der Waals surface area contributed by atoms with E-state index in [1.807, 2.05) is 47.9 Å². The summed E-state index contributed by atoms with van der Waals surface area (Å²) >= 11 is 2.02. The second-order valence-electron chi connectivity index (χ2n) is 7.85. The Bertz CT molecular complexity index is 742. The molecule has 0 aliphatic carbocycles. The number of likely N-dealkylation sites (N-methyl/N-ethyl adjacent to an activating group) is 1. The molecule has 3 aliphatic heterocycles. The lowest BCUT2D eigenvalue weighted by Crippen LogP contribution is -2.57. The average Bonchev–Trinajstić information content (AvgIpc) is 3.32. The maximum atomic E-state index is 13.5. The van der Waals surface area contributed by atoms with E-state index >= 15 is 0 Å². The Balaban J connectivity index is 1.52. The lowest BCUT2D eigenvalue weighted by atomic mass is 9.85. The monoisotopic (exact) mass is 403 g/mol. The van der Waals surface area contributed by atoms with E-state index in [1.54, 1.807) is 7.11 Å². The number of urea groups is 1. The highest BCUT2D eigenvalue weighted by atomic mass is 32.2. The summed E-state index contributed by atoms with van der Waals surface area (Å²) in [5.74, 6) is 3.14. The Morgan fingerprint density at radius 3 is 2.68 bits per heavy atom. The number of likely N-dealkylation sites (tertiary alicyclic amines) is 1. The highest BCUT2D eigenvalue weighted by molar-refractivity contribution is 7.99. The predicted molar refractivity (Wildman–Crippen MR) is 111 cm³/mol. The van der Waals surface area contributed by atoms with E-state index in [-0.39, 0.29) is 11.9 Å². The molecular formula is C21H29N3O3S. The third-order valence-electron chi connectivity index (χ3n) is 6.46. The van der Waals surface area contributed by atoms with E-state index in [2.05, 4.69) is 4.90 Å². The summed E-state index contributed by atoms with van der Waals surface area (Å²) in [7, 11) is 1.62. The normalized spacial score (nSPS) is 25.1. The van der Waals surface area contributed by atoms with E-state index in [0.717, 1.165) is 37.2 Å². The maximum Gasteiger partial charge on any atom is 0.327 e. The minimum Gasteiger partial charge on any atom is -0.497 e. The zero-order chi connectivity index (χ0) is 19.7. The number of imide groups is 1. The smallest absolute Gasteiger partial charge is 0.327 e. The van der Waals surface area contributed by atoms with Gasteiger partial charge in [0.05, 0.1) is 13.7 Å². The molecule has 0 bridgehead atoms. The second kappa shape index (κ2) is 7.95. The molecule has 152 valence electrons. The van der Waals surface area contributed by atoms with E-state index in [1.165, 1.54) is 22.8 Å². The molecule has 0 radical (unpaired) electrons. The summed E-state index contributed by atoms with van der Waals surface area (Å²) in [5.41, 5.74) is 0.252. The summed E-state index contributed by atoms with van der Waals surface area (Å²) in [6.07, 6.45) is 2.71.